The molecule has 4 saturated carbocycles. The molecule has 4 nitrogen and oxygen atoms in total. The van der Waals surface area contributed by atoms with Gasteiger partial charge in [-0.25, -0.2) is 0 Å². The number of amides is 1. The number of carbonyl (C=O) groups is 1. The lowest BCUT2D eigenvalue weighted by Gasteiger charge is -2.54. The molecule has 5 heteroatoms. The van der Waals surface area contributed by atoms with Gasteiger partial charge in [-0.1, -0.05) is 0 Å². The van der Waals surface area contributed by atoms with E-state index in [-0.39, 0.29) is 11.8 Å². The number of anilines is 1. The van der Waals surface area contributed by atoms with E-state index >= 15 is 0 Å². The van der Waals surface area contributed by atoms with Crippen LogP contribution in [-0.4, -0.2) is 35.6 Å². The molecule has 1 aromatic carbocycles. The minimum Gasteiger partial charge on any atom is -0.390 e. The van der Waals surface area contributed by atoms with Gasteiger partial charge in [0.15, 0.2) is 0 Å². The topological polar surface area (TPSA) is 61.4 Å². The van der Waals surface area contributed by atoms with Crippen LogP contribution in [0.2, 0.25) is 0 Å². The normalized spacial score (nSPS) is 33.9. The van der Waals surface area contributed by atoms with Crippen molar-refractivity contribution < 1.29 is 9.90 Å². The van der Waals surface area contributed by atoms with Gasteiger partial charge in [0.05, 0.1) is 12.0 Å². The summed E-state index contributed by atoms with van der Waals surface area (Å²) in [5.41, 5.74) is 1.59. The maximum atomic E-state index is 12.7. The summed E-state index contributed by atoms with van der Waals surface area (Å²) < 4.78 is 0. The average molecular weight is 363 g/mol. The number of carbonyl (C=O) groups excluding carboxylic acids is 1. The highest BCUT2D eigenvalue weighted by Gasteiger charge is 2.48. The van der Waals surface area contributed by atoms with Crippen LogP contribution in [0.5, 0.6) is 0 Å². The molecular weight excluding hydrogens is 336 g/mol. The first-order valence-corrected chi connectivity index (χ1v) is 10.0. The zero-order chi connectivity index (χ0) is 17.4. The molecule has 1 aromatic rings. The molecule has 25 heavy (non-hydrogen) atoms. The van der Waals surface area contributed by atoms with Crippen molar-refractivity contribution in [1.29, 1.82) is 0 Å². The van der Waals surface area contributed by atoms with Crippen LogP contribution in [0, 0.1) is 23.7 Å². The molecule has 4 aliphatic carbocycles. The number of aliphatic hydroxyl groups excluding tert-OH is 1. The fourth-order valence-corrected chi connectivity index (χ4v) is 5.53. The maximum absolute atomic E-state index is 12.7. The molecule has 0 saturated heterocycles. The van der Waals surface area contributed by atoms with Crippen molar-refractivity contribution in [3.63, 3.8) is 0 Å². The summed E-state index contributed by atoms with van der Waals surface area (Å²) in [5.74, 6) is 3.48. The van der Waals surface area contributed by atoms with Crippen molar-refractivity contribution in [2.75, 3.05) is 17.7 Å². The van der Waals surface area contributed by atoms with Gasteiger partial charge in [0, 0.05) is 23.8 Å². The number of hydrogen-bond acceptors (Lipinski definition) is 3. The fourth-order valence-electron chi connectivity index (χ4n) is 5.43. The molecule has 4 fully saturated rings. The van der Waals surface area contributed by atoms with Gasteiger partial charge in [-0.2, -0.15) is 0 Å². The van der Waals surface area contributed by atoms with Crippen LogP contribution in [0.3, 0.4) is 0 Å². The van der Waals surface area contributed by atoms with Crippen molar-refractivity contribution >= 4 is 23.2 Å². The van der Waals surface area contributed by atoms with Gasteiger partial charge in [-0.3, -0.25) is 4.79 Å². The molecule has 4 aliphatic rings. The van der Waals surface area contributed by atoms with E-state index < -0.39 is 6.10 Å². The Morgan fingerprint density at radius 1 is 1.08 bits per heavy atom. The molecule has 0 aliphatic heterocycles. The molecule has 1 amide bonds. The zero-order valence-corrected chi connectivity index (χ0v) is 15.2. The summed E-state index contributed by atoms with van der Waals surface area (Å²) in [4.78, 5) is 12.7. The lowest BCUT2D eigenvalue weighted by Crippen LogP contribution is -2.55. The van der Waals surface area contributed by atoms with E-state index in [1.165, 1.54) is 32.1 Å². The summed E-state index contributed by atoms with van der Waals surface area (Å²) in [6, 6.07) is 7.83. The van der Waals surface area contributed by atoms with Crippen LogP contribution >= 0.6 is 11.6 Å². The molecule has 0 aromatic heterocycles. The Labute approximate surface area is 154 Å². The Hall–Kier alpha value is -1.26. The van der Waals surface area contributed by atoms with E-state index in [9.17, 15) is 9.90 Å². The number of hydrogen-bond donors (Lipinski definition) is 3. The number of nitrogens with one attached hydrogen (secondary N) is 2. The fraction of sp³-hybridized carbons (Fsp3) is 0.650. The molecule has 1 unspecified atom stereocenters. The molecule has 0 spiro atoms. The third kappa shape index (κ3) is 3.65. The molecule has 0 heterocycles. The molecule has 3 N–H and O–H groups in total. The predicted molar refractivity (Wildman–Crippen MR) is 100.0 cm³/mol. The summed E-state index contributed by atoms with van der Waals surface area (Å²) in [6.45, 7) is 0.406. The summed E-state index contributed by atoms with van der Waals surface area (Å²) >= 11 is 5.59. The minimum absolute atomic E-state index is 0.0461. The van der Waals surface area contributed by atoms with Crippen LogP contribution in [0.15, 0.2) is 24.3 Å². The van der Waals surface area contributed by atoms with Crippen LogP contribution < -0.4 is 10.6 Å². The monoisotopic (exact) mass is 362 g/mol. The number of aliphatic hydroxyl groups is 1. The Balaban J connectivity index is 1.35. The SMILES string of the molecule is O=C(NC1C2CC3CC(C2)CC1C3)c1ccc(NCC(O)CCl)cc1. The second kappa shape index (κ2) is 7.16. The largest absolute Gasteiger partial charge is 0.390 e. The first-order valence-electron chi connectivity index (χ1n) is 9.51. The number of benzene rings is 1. The van der Waals surface area contributed by atoms with Crippen LogP contribution in [-0.2, 0) is 0 Å². The Morgan fingerprint density at radius 3 is 2.24 bits per heavy atom. The van der Waals surface area contributed by atoms with Crippen molar-refractivity contribution in [3.8, 4) is 0 Å². The summed E-state index contributed by atoms with van der Waals surface area (Å²) in [6.07, 6.45) is 6.10. The molecule has 1 atom stereocenters. The van der Waals surface area contributed by atoms with E-state index in [1.54, 1.807) is 0 Å². The lowest BCUT2D eigenvalue weighted by atomic mass is 9.54. The minimum atomic E-state index is -0.568. The van der Waals surface area contributed by atoms with Crippen LogP contribution in [0.4, 0.5) is 5.69 Å². The quantitative estimate of drug-likeness (QED) is 0.681. The lowest BCUT2D eigenvalue weighted by molar-refractivity contribution is -0.0119. The van der Waals surface area contributed by atoms with E-state index in [2.05, 4.69) is 10.6 Å². The highest BCUT2D eigenvalue weighted by atomic mass is 35.5. The van der Waals surface area contributed by atoms with Crippen molar-refractivity contribution in [2.24, 2.45) is 23.7 Å². The third-order valence-corrected chi connectivity index (χ3v) is 6.75. The Bertz CT molecular complexity index is 591. The van der Waals surface area contributed by atoms with Crippen molar-refractivity contribution in [2.45, 2.75) is 44.2 Å². The Morgan fingerprint density at radius 2 is 1.68 bits per heavy atom. The first-order chi connectivity index (χ1) is 12.1. The number of halogens is 1. The van der Waals surface area contributed by atoms with Gasteiger partial charge in [0.2, 0.25) is 0 Å². The first kappa shape index (κ1) is 17.2. The van der Waals surface area contributed by atoms with E-state index in [4.69, 9.17) is 11.6 Å². The standard InChI is InChI=1S/C20H27ClN2O2/c21-10-18(24)11-22-17-3-1-14(2-4-17)20(25)23-19-15-6-12-5-13(8-15)9-16(19)7-12/h1-4,12-13,15-16,18-19,22,24H,5-11H2,(H,23,25). The highest BCUT2D eigenvalue weighted by Crippen LogP contribution is 2.53. The van der Waals surface area contributed by atoms with E-state index in [0.717, 1.165) is 17.5 Å². The van der Waals surface area contributed by atoms with Gasteiger partial charge >= 0.3 is 0 Å². The van der Waals surface area contributed by atoms with E-state index in [0.29, 0.717) is 30.0 Å². The van der Waals surface area contributed by atoms with Crippen LogP contribution in [0.1, 0.15) is 42.5 Å². The summed E-state index contributed by atoms with van der Waals surface area (Å²) in [7, 11) is 0. The van der Waals surface area contributed by atoms with Crippen LogP contribution in [0.25, 0.3) is 0 Å². The smallest absolute Gasteiger partial charge is 0.251 e. The predicted octanol–water partition coefficient (Wildman–Crippen LogP) is 3.25. The average Bonchev–Trinajstić information content (AvgIpc) is 2.62. The summed E-state index contributed by atoms with van der Waals surface area (Å²) in [5, 5.41) is 15.9. The van der Waals surface area contributed by atoms with E-state index in [1.807, 2.05) is 24.3 Å². The zero-order valence-electron chi connectivity index (χ0n) is 14.5. The van der Waals surface area contributed by atoms with Crippen molar-refractivity contribution in [3.05, 3.63) is 29.8 Å². The van der Waals surface area contributed by atoms with Gasteiger partial charge in [-0.15, -0.1) is 11.6 Å². The van der Waals surface area contributed by atoms with Gasteiger partial charge in [-0.05, 0) is 80.0 Å². The third-order valence-electron chi connectivity index (χ3n) is 6.39. The molecule has 0 radical (unpaired) electrons. The molecule has 136 valence electrons. The highest BCUT2D eigenvalue weighted by molar-refractivity contribution is 6.18. The second-order valence-corrected chi connectivity index (χ2v) is 8.50. The molecular formula is C20H27ClN2O2. The molecule has 4 bridgehead atoms. The van der Waals surface area contributed by atoms with Gasteiger partial charge < -0.3 is 15.7 Å². The number of alkyl halides is 1. The second-order valence-electron chi connectivity index (χ2n) is 8.20. The van der Waals surface area contributed by atoms with Gasteiger partial charge in [0.25, 0.3) is 5.91 Å². The number of rotatable bonds is 6. The van der Waals surface area contributed by atoms with Crippen molar-refractivity contribution in [1.82, 2.24) is 5.32 Å². The molecule has 5 rings (SSSR count). The Kier molecular flexibility index (Phi) is 4.92. The maximum Gasteiger partial charge on any atom is 0.251 e. The van der Waals surface area contributed by atoms with Gasteiger partial charge in [0.1, 0.15) is 0 Å².